The number of ether oxygens (including phenoxy) is 1. The molecule has 0 unspecified atom stereocenters. The highest BCUT2D eigenvalue weighted by molar-refractivity contribution is 7.12. The molecule has 3 rings (SSSR count). The molecule has 27 heavy (non-hydrogen) atoms. The van der Waals surface area contributed by atoms with Crippen LogP contribution in [0.2, 0.25) is 10.0 Å². The van der Waals surface area contributed by atoms with Crippen LogP contribution in [-0.4, -0.2) is 31.4 Å². The lowest BCUT2D eigenvalue weighted by Gasteiger charge is -2.38. The van der Waals surface area contributed by atoms with Crippen LogP contribution in [-0.2, 0) is 14.9 Å². The van der Waals surface area contributed by atoms with Gasteiger partial charge in [-0.05, 0) is 42.0 Å². The van der Waals surface area contributed by atoms with Gasteiger partial charge in [0.05, 0.1) is 4.88 Å². The highest BCUT2D eigenvalue weighted by Crippen LogP contribution is 2.39. The van der Waals surface area contributed by atoms with Gasteiger partial charge in [-0.25, -0.2) is 0 Å². The number of halogens is 2. The molecule has 1 aromatic heterocycles. The van der Waals surface area contributed by atoms with Crippen LogP contribution in [0.3, 0.4) is 0 Å². The van der Waals surface area contributed by atoms with Gasteiger partial charge >= 0.3 is 0 Å². The molecule has 1 aliphatic rings. The normalized spacial score (nSPS) is 16.1. The molecule has 4 nitrogen and oxygen atoms in total. The molecule has 2 aromatic rings. The van der Waals surface area contributed by atoms with E-state index >= 15 is 0 Å². The van der Waals surface area contributed by atoms with E-state index in [4.69, 9.17) is 27.9 Å². The molecule has 0 atom stereocenters. The molecule has 0 bridgehead atoms. The minimum Gasteiger partial charge on any atom is -0.381 e. The van der Waals surface area contributed by atoms with Crippen molar-refractivity contribution in [3.05, 3.63) is 56.2 Å². The van der Waals surface area contributed by atoms with Crippen molar-refractivity contribution in [3.63, 3.8) is 0 Å². The third-order valence-corrected chi connectivity index (χ3v) is 6.41. The summed E-state index contributed by atoms with van der Waals surface area (Å²) in [6.07, 6.45) is 1.92. The Morgan fingerprint density at radius 2 is 1.93 bits per heavy atom. The Labute approximate surface area is 172 Å². The van der Waals surface area contributed by atoms with E-state index < -0.39 is 0 Å². The van der Waals surface area contributed by atoms with E-state index in [0.29, 0.717) is 34.7 Å². The summed E-state index contributed by atoms with van der Waals surface area (Å²) in [5, 5.41) is 6.05. The van der Waals surface area contributed by atoms with E-state index in [1.165, 1.54) is 11.3 Å². The lowest BCUT2D eigenvalue weighted by Crippen LogP contribution is -2.44. The first-order valence-corrected chi connectivity index (χ1v) is 10.5. The molecule has 0 radical (unpaired) electrons. The molecule has 0 saturated carbocycles. The van der Waals surface area contributed by atoms with Gasteiger partial charge < -0.3 is 10.1 Å². The molecule has 144 valence electrons. The lowest BCUT2D eigenvalue weighted by atomic mass is 9.74. The molecule has 0 aliphatic carbocycles. The van der Waals surface area contributed by atoms with E-state index in [-0.39, 0.29) is 29.9 Å². The molecule has 2 heterocycles. The number of thiophene rings is 1. The molecular weight excluding hydrogens is 405 g/mol. The number of amides is 1. The van der Waals surface area contributed by atoms with Gasteiger partial charge in [0.25, 0.3) is 0 Å². The van der Waals surface area contributed by atoms with Crippen molar-refractivity contribution in [1.82, 2.24) is 5.32 Å². The van der Waals surface area contributed by atoms with Crippen LogP contribution in [0.1, 0.15) is 40.9 Å². The number of ketones is 1. The third-order valence-electron chi connectivity index (χ3n) is 4.95. The van der Waals surface area contributed by atoms with Gasteiger partial charge in [-0.1, -0.05) is 35.3 Å². The zero-order chi connectivity index (χ0) is 19.3. The summed E-state index contributed by atoms with van der Waals surface area (Å²) >= 11 is 13.9. The molecular formula is C20H21Cl2NO3S. The van der Waals surface area contributed by atoms with Gasteiger partial charge in [0.15, 0.2) is 5.78 Å². The summed E-state index contributed by atoms with van der Waals surface area (Å²) in [6.45, 7) is 1.70. The summed E-state index contributed by atoms with van der Waals surface area (Å²) in [7, 11) is 0. The summed E-state index contributed by atoms with van der Waals surface area (Å²) in [4.78, 5) is 25.1. The fourth-order valence-corrected chi connectivity index (χ4v) is 4.67. The molecule has 0 spiro atoms. The number of rotatable bonds is 7. The Hall–Kier alpha value is -1.40. The zero-order valence-corrected chi connectivity index (χ0v) is 17.1. The lowest BCUT2D eigenvalue weighted by molar-refractivity contribution is -0.121. The number of carbonyl (C=O) groups excluding carboxylic acids is 2. The fraction of sp³-hybridized carbons (Fsp3) is 0.400. The highest BCUT2D eigenvalue weighted by Gasteiger charge is 2.36. The second-order valence-corrected chi connectivity index (χ2v) is 8.49. The Balaban J connectivity index is 1.63. The van der Waals surface area contributed by atoms with E-state index in [1.807, 2.05) is 23.6 Å². The molecule has 1 amide bonds. The van der Waals surface area contributed by atoms with Gasteiger partial charge in [-0.15, -0.1) is 11.3 Å². The maximum Gasteiger partial charge on any atom is 0.220 e. The largest absolute Gasteiger partial charge is 0.381 e. The summed E-state index contributed by atoms with van der Waals surface area (Å²) in [6, 6.07) is 9.11. The monoisotopic (exact) mass is 425 g/mol. The van der Waals surface area contributed by atoms with Crippen LogP contribution in [0.4, 0.5) is 0 Å². The highest BCUT2D eigenvalue weighted by atomic mass is 35.5. The third kappa shape index (κ3) is 5.11. The van der Waals surface area contributed by atoms with Crippen molar-refractivity contribution in [2.24, 2.45) is 0 Å². The van der Waals surface area contributed by atoms with Crippen LogP contribution in [0.15, 0.2) is 35.7 Å². The Bertz CT molecular complexity index is 802. The SMILES string of the molecule is O=C(CCC(=O)c1cccs1)NCC1(c2ccc(Cl)cc2Cl)CCOCC1. The van der Waals surface area contributed by atoms with E-state index in [1.54, 1.807) is 12.1 Å². The number of Topliss-reactive ketones (excluding diaryl/α,β-unsaturated/α-hetero) is 1. The van der Waals surface area contributed by atoms with Crippen molar-refractivity contribution >= 4 is 46.2 Å². The van der Waals surface area contributed by atoms with Crippen molar-refractivity contribution in [3.8, 4) is 0 Å². The van der Waals surface area contributed by atoms with E-state index in [9.17, 15) is 9.59 Å². The number of hydrogen-bond donors (Lipinski definition) is 1. The first kappa shape index (κ1) is 20.3. The smallest absolute Gasteiger partial charge is 0.220 e. The first-order chi connectivity index (χ1) is 13.0. The van der Waals surface area contributed by atoms with Gasteiger partial charge in [0.1, 0.15) is 0 Å². The average molecular weight is 426 g/mol. The molecule has 1 saturated heterocycles. The van der Waals surface area contributed by atoms with Gasteiger partial charge in [-0.2, -0.15) is 0 Å². The van der Waals surface area contributed by atoms with Gasteiger partial charge in [-0.3, -0.25) is 9.59 Å². The minimum atomic E-state index is -0.284. The summed E-state index contributed by atoms with van der Waals surface area (Å²) in [5.41, 5.74) is 0.694. The standard InChI is InChI=1S/C20H21Cl2NO3S/c21-14-3-4-15(16(22)12-14)20(7-9-26-10-8-20)13-23-19(25)6-5-17(24)18-2-1-11-27-18/h1-4,11-12H,5-10,13H2,(H,23,25). The van der Waals surface area contributed by atoms with Gasteiger partial charge in [0, 0.05) is 48.1 Å². The summed E-state index contributed by atoms with van der Waals surface area (Å²) < 4.78 is 5.51. The number of nitrogens with one attached hydrogen (secondary N) is 1. The topological polar surface area (TPSA) is 55.4 Å². The first-order valence-electron chi connectivity index (χ1n) is 8.87. The molecule has 1 fully saturated rings. The minimum absolute atomic E-state index is 0.00155. The second kappa shape index (κ2) is 9.20. The maximum absolute atomic E-state index is 12.3. The second-order valence-electron chi connectivity index (χ2n) is 6.69. The van der Waals surface area contributed by atoms with Crippen LogP contribution >= 0.6 is 34.5 Å². The quantitative estimate of drug-likeness (QED) is 0.642. The summed E-state index contributed by atoms with van der Waals surface area (Å²) in [5.74, 6) is -0.127. The Morgan fingerprint density at radius 3 is 2.59 bits per heavy atom. The van der Waals surface area contributed by atoms with Crippen LogP contribution in [0.25, 0.3) is 0 Å². The Kier molecular flexibility index (Phi) is 6.93. The predicted octanol–water partition coefficient (Wildman–Crippen LogP) is 4.88. The van der Waals surface area contributed by atoms with Crippen molar-refractivity contribution in [2.45, 2.75) is 31.1 Å². The van der Waals surface area contributed by atoms with Gasteiger partial charge in [0.2, 0.25) is 5.91 Å². The molecule has 1 aromatic carbocycles. The average Bonchev–Trinajstić information content (AvgIpc) is 3.20. The van der Waals surface area contributed by atoms with Crippen LogP contribution < -0.4 is 5.32 Å². The van der Waals surface area contributed by atoms with Crippen LogP contribution in [0.5, 0.6) is 0 Å². The Morgan fingerprint density at radius 1 is 1.15 bits per heavy atom. The van der Waals surface area contributed by atoms with E-state index in [2.05, 4.69) is 5.32 Å². The van der Waals surface area contributed by atoms with E-state index in [0.717, 1.165) is 18.4 Å². The number of carbonyl (C=O) groups is 2. The van der Waals surface area contributed by atoms with Crippen molar-refractivity contribution in [1.29, 1.82) is 0 Å². The van der Waals surface area contributed by atoms with Crippen LogP contribution in [0, 0.1) is 0 Å². The molecule has 7 heteroatoms. The molecule has 1 N–H and O–H groups in total. The number of benzene rings is 1. The molecule has 1 aliphatic heterocycles. The van der Waals surface area contributed by atoms with Crippen molar-refractivity contribution in [2.75, 3.05) is 19.8 Å². The fourth-order valence-electron chi connectivity index (χ4n) is 3.37. The number of hydrogen-bond acceptors (Lipinski definition) is 4. The zero-order valence-electron chi connectivity index (χ0n) is 14.8. The maximum atomic E-state index is 12.3. The predicted molar refractivity (Wildman–Crippen MR) is 109 cm³/mol. The van der Waals surface area contributed by atoms with Crippen molar-refractivity contribution < 1.29 is 14.3 Å².